The highest BCUT2D eigenvalue weighted by atomic mass is 35.5. The van der Waals surface area contributed by atoms with Crippen molar-refractivity contribution in [2.24, 2.45) is 0 Å². The maximum Gasteiger partial charge on any atom is 0.337 e. The molecule has 0 amide bonds. The third kappa shape index (κ3) is 4.02. The van der Waals surface area contributed by atoms with E-state index in [2.05, 4.69) is 17.3 Å². The first-order valence-electron chi connectivity index (χ1n) is 7.25. The second kappa shape index (κ2) is 7.00. The first-order valence-corrected chi connectivity index (χ1v) is 7.63. The van der Waals surface area contributed by atoms with Gasteiger partial charge in [-0.1, -0.05) is 24.4 Å². The van der Waals surface area contributed by atoms with Crippen molar-refractivity contribution in [2.45, 2.75) is 31.7 Å². The number of carboxylic acids is 1. The van der Waals surface area contributed by atoms with Gasteiger partial charge in [-0.2, -0.15) is 0 Å². The number of nitrogens with zero attached hydrogens (tertiary/aromatic N) is 1. The second-order valence-electron chi connectivity index (χ2n) is 5.58. The largest absolute Gasteiger partial charge is 0.478 e. The summed E-state index contributed by atoms with van der Waals surface area (Å²) in [5.74, 6) is -1.03. The molecule has 0 spiro atoms. The number of halogens is 1. The lowest BCUT2D eigenvalue weighted by Gasteiger charge is -2.24. The van der Waals surface area contributed by atoms with Gasteiger partial charge in [0.25, 0.3) is 0 Å². The fourth-order valence-corrected chi connectivity index (χ4v) is 3.16. The number of hydrogen-bond donors (Lipinski definition) is 3. The van der Waals surface area contributed by atoms with Crippen LogP contribution in [0.2, 0.25) is 5.02 Å². The van der Waals surface area contributed by atoms with Crippen LogP contribution in [0, 0.1) is 0 Å². The number of nitrogens with two attached hydrogens (primary N) is 1. The molecule has 1 aromatic rings. The van der Waals surface area contributed by atoms with Crippen LogP contribution in [0.5, 0.6) is 0 Å². The molecule has 2 rings (SSSR count). The topological polar surface area (TPSA) is 78.6 Å². The highest BCUT2D eigenvalue weighted by molar-refractivity contribution is 6.34. The van der Waals surface area contributed by atoms with Crippen molar-refractivity contribution in [2.75, 3.05) is 31.2 Å². The highest BCUT2D eigenvalue weighted by Gasteiger charge is 2.19. The Hall–Kier alpha value is -1.46. The van der Waals surface area contributed by atoms with Gasteiger partial charge in [-0.25, -0.2) is 4.79 Å². The molecule has 0 unspecified atom stereocenters. The Morgan fingerprint density at radius 1 is 1.48 bits per heavy atom. The molecule has 0 bridgehead atoms. The molecule has 6 heteroatoms. The van der Waals surface area contributed by atoms with Gasteiger partial charge in [-0.15, -0.1) is 0 Å². The zero-order valence-corrected chi connectivity index (χ0v) is 13.0. The summed E-state index contributed by atoms with van der Waals surface area (Å²) in [6.07, 6.45) is 5.10. The molecule has 1 fully saturated rings. The zero-order valence-electron chi connectivity index (χ0n) is 12.2. The molecular formula is C15H22ClN3O2. The van der Waals surface area contributed by atoms with Crippen LogP contribution in [-0.2, 0) is 0 Å². The van der Waals surface area contributed by atoms with Crippen molar-refractivity contribution in [3.8, 4) is 0 Å². The number of hydrogen-bond acceptors (Lipinski definition) is 4. The van der Waals surface area contributed by atoms with Crippen LogP contribution in [-0.4, -0.2) is 42.2 Å². The summed E-state index contributed by atoms with van der Waals surface area (Å²) in [5, 5.41) is 12.7. The van der Waals surface area contributed by atoms with Gasteiger partial charge in [0.05, 0.1) is 16.3 Å². The summed E-state index contributed by atoms with van der Waals surface area (Å²) in [6.45, 7) is 1.50. The van der Waals surface area contributed by atoms with E-state index in [1.165, 1.54) is 31.7 Å². The van der Waals surface area contributed by atoms with Crippen LogP contribution >= 0.6 is 11.6 Å². The number of rotatable bonds is 6. The highest BCUT2D eigenvalue weighted by Crippen LogP contribution is 2.29. The summed E-state index contributed by atoms with van der Waals surface area (Å²) in [6, 6.07) is 3.64. The molecule has 1 aromatic carbocycles. The van der Waals surface area contributed by atoms with Crippen molar-refractivity contribution < 1.29 is 9.90 Å². The lowest BCUT2D eigenvalue weighted by Crippen LogP contribution is -2.33. The van der Waals surface area contributed by atoms with Gasteiger partial charge in [0.2, 0.25) is 0 Å². The molecule has 1 saturated carbocycles. The average Bonchev–Trinajstić information content (AvgIpc) is 2.94. The van der Waals surface area contributed by atoms with E-state index >= 15 is 0 Å². The minimum atomic E-state index is -1.03. The molecule has 116 valence electrons. The third-order valence-electron chi connectivity index (χ3n) is 4.06. The quantitative estimate of drug-likeness (QED) is 0.704. The standard InChI is InChI=1S/C15H22ClN3O2/c1-19(11-4-2-3-5-11)7-6-18-14-12(15(20)21)8-10(17)9-13(14)16/h8-9,11,18H,2-7,17H2,1H3,(H,20,21). The SMILES string of the molecule is CN(CCNc1c(Cl)cc(N)cc1C(=O)O)C1CCCC1. The van der Waals surface area contributed by atoms with Gasteiger partial charge in [0, 0.05) is 24.8 Å². The van der Waals surface area contributed by atoms with Crippen molar-refractivity contribution in [1.82, 2.24) is 4.90 Å². The van der Waals surface area contributed by atoms with Gasteiger partial charge < -0.3 is 21.1 Å². The van der Waals surface area contributed by atoms with Crippen LogP contribution in [0.4, 0.5) is 11.4 Å². The number of anilines is 2. The lowest BCUT2D eigenvalue weighted by molar-refractivity contribution is 0.0698. The number of carboxylic acid groups (broad SMARTS) is 1. The number of benzene rings is 1. The molecule has 1 aliphatic rings. The number of nitrogens with one attached hydrogen (secondary N) is 1. The van der Waals surface area contributed by atoms with Crippen molar-refractivity contribution in [1.29, 1.82) is 0 Å². The fourth-order valence-electron chi connectivity index (χ4n) is 2.86. The van der Waals surface area contributed by atoms with E-state index in [-0.39, 0.29) is 5.56 Å². The van der Waals surface area contributed by atoms with Crippen LogP contribution in [0.25, 0.3) is 0 Å². The van der Waals surface area contributed by atoms with Crippen LogP contribution < -0.4 is 11.1 Å². The number of nitrogen functional groups attached to an aromatic ring is 1. The summed E-state index contributed by atoms with van der Waals surface area (Å²) in [7, 11) is 2.11. The van der Waals surface area contributed by atoms with Crippen LogP contribution in [0.15, 0.2) is 12.1 Å². The van der Waals surface area contributed by atoms with E-state index in [0.717, 1.165) is 6.54 Å². The first kappa shape index (κ1) is 15.9. The monoisotopic (exact) mass is 311 g/mol. The molecule has 0 aliphatic heterocycles. The minimum absolute atomic E-state index is 0.114. The smallest absolute Gasteiger partial charge is 0.337 e. The van der Waals surface area contributed by atoms with Crippen LogP contribution in [0.3, 0.4) is 0 Å². The fraction of sp³-hybridized carbons (Fsp3) is 0.533. The first-order chi connectivity index (χ1) is 9.99. The van der Waals surface area contributed by atoms with Gasteiger partial charge in [-0.3, -0.25) is 0 Å². The Kier molecular flexibility index (Phi) is 5.31. The van der Waals surface area contributed by atoms with E-state index in [1.54, 1.807) is 6.07 Å². The van der Waals surface area contributed by atoms with Gasteiger partial charge in [-0.05, 0) is 32.0 Å². The minimum Gasteiger partial charge on any atom is -0.478 e. The normalized spacial score (nSPS) is 15.6. The number of aromatic carboxylic acids is 1. The second-order valence-corrected chi connectivity index (χ2v) is 5.98. The number of likely N-dealkylation sites (N-methyl/N-ethyl adjacent to an activating group) is 1. The predicted molar refractivity (Wildman–Crippen MR) is 86.2 cm³/mol. The van der Waals surface area contributed by atoms with Crippen molar-refractivity contribution in [3.05, 3.63) is 22.7 Å². The van der Waals surface area contributed by atoms with Crippen LogP contribution in [0.1, 0.15) is 36.0 Å². The maximum absolute atomic E-state index is 11.3. The van der Waals surface area contributed by atoms with Gasteiger partial charge in [0.1, 0.15) is 0 Å². The molecule has 4 N–H and O–H groups in total. The molecule has 0 saturated heterocycles. The van der Waals surface area contributed by atoms with E-state index in [0.29, 0.717) is 29.0 Å². The molecule has 0 aromatic heterocycles. The molecule has 0 radical (unpaired) electrons. The van der Waals surface area contributed by atoms with E-state index in [1.807, 2.05) is 0 Å². The molecule has 1 aliphatic carbocycles. The summed E-state index contributed by atoms with van der Waals surface area (Å²) in [4.78, 5) is 13.6. The average molecular weight is 312 g/mol. The number of carbonyl (C=O) groups is 1. The third-order valence-corrected chi connectivity index (χ3v) is 4.36. The zero-order chi connectivity index (χ0) is 15.4. The van der Waals surface area contributed by atoms with Gasteiger partial charge in [0.15, 0.2) is 0 Å². The summed E-state index contributed by atoms with van der Waals surface area (Å²) in [5.41, 5.74) is 6.55. The van der Waals surface area contributed by atoms with Crippen molar-refractivity contribution in [3.63, 3.8) is 0 Å². The van der Waals surface area contributed by atoms with Gasteiger partial charge >= 0.3 is 5.97 Å². The predicted octanol–water partition coefficient (Wildman–Crippen LogP) is 2.91. The molecule has 5 nitrogen and oxygen atoms in total. The Balaban J connectivity index is 1.97. The molecule has 21 heavy (non-hydrogen) atoms. The Bertz CT molecular complexity index is 516. The molecule has 0 atom stereocenters. The summed E-state index contributed by atoms with van der Waals surface area (Å²) >= 11 is 6.10. The maximum atomic E-state index is 11.3. The summed E-state index contributed by atoms with van der Waals surface area (Å²) < 4.78 is 0. The molecular weight excluding hydrogens is 290 g/mol. The van der Waals surface area contributed by atoms with Crippen molar-refractivity contribution >= 4 is 28.9 Å². The Morgan fingerprint density at radius 3 is 2.76 bits per heavy atom. The lowest BCUT2D eigenvalue weighted by atomic mass is 10.1. The van der Waals surface area contributed by atoms with E-state index in [4.69, 9.17) is 17.3 Å². The molecule has 0 heterocycles. The van der Waals surface area contributed by atoms with E-state index < -0.39 is 5.97 Å². The van der Waals surface area contributed by atoms with E-state index in [9.17, 15) is 9.90 Å². The Morgan fingerprint density at radius 2 is 2.14 bits per heavy atom. The Labute approximate surface area is 130 Å².